The molecule has 1 N–H and O–H groups in total. The van der Waals surface area contributed by atoms with Crippen LogP contribution in [-0.2, 0) is 16.1 Å². The Labute approximate surface area is 173 Å². The van der Waals surface area contributed by atoms with Crippen LogP contribution < -0.4 is 10.1 Å². The van der Waals surface area contributed by atoms with E-state index in [1.807, 2.05) is 6.07 Å². The van der Waals surface area contributed by atoms with Gasteiger partial charge in [-0.25, -0.2) is 0 Å². The van der Waals surface area contributed by atoms with E-state index < -0.39 is 6.04 Å². The van der Waals surface area contributed by atoms with Gasteiger partial charge in [0.2, 0.25) is 5.91 Å². The smallest absolute Gasteiger partial charge is 0.261 e. The van der Waals surface area contributed by atoms with Crippen molar-refractivity contribution in [2.75, 3.05) is 13.7 Å². The summed E-state index contributed by atoms with van der Waals surface area (Å²) in [4.78, 5) is 26.3. The second kappa shape index (κ2) is 9.83. The summed E-state index contributed by atoms with van der Waals surface area (Å²) in [5.41, 5.74) is 0.729. The first-order valence-corrected chi connectivity index (χ1v) is 9.29. The molecule has 8 heteroatoms. The van der Waals surface area contributed by atoms with Crippen LogP contribution in [0.1, 0.15) is 12.5 Å². The molecule has 0 unspecified atom stereocenters. The lowest BCUT2D eigenvalue weighted by Crippen LogP contribution is -2.48. The van der Waals surface area contributed by atoms with E-state index in [1.54, 1.807) is 37.3 Å². The van der Waals surface area contributed by atoms with Gasteiger partial charge in [0, 0.05) is 23.6 Å². The lowest BCUT2D eigenvalue weighted by molar-refractivity contribution is -0.142. The summed E-state index contributed by atoms with van der Waals surface area (Å²) >= 11 is 18.1. The molecule has 2 amide bonds. The van der Waals surface area contributed by atoms with Crippen LogP contribution in [0, 0.1) is 0 Å². The Hall–Kier alpha value is -1.95. The van der Waals surface area contributed by atoms with Crippen molar-refractivity contribution in [3.8, 4) is 5.75 Å². The van der Waals surface area contributed by atoms with Crippen molar-refractivity contribution in [3.05, 3.63) is 63.1 Å². The van der Waals surface area contributed by atoms with E-state index >= 15 is 0 Å². The van der Waals surface area contributed by atoms with E-state index in [0.29, 0.717) is 20.8 Å². The molecule has 144 valence electrons. The van der Waals surface area contributed by atoms with Gasteiger partial charge in [-0.2, -0.15) is 0 Å². The maximum Gasteiger partial charge on any atom is 0.261 e. The van der Waals surface area contributed by atoms with Crippen LogP contribution in [0.15, 0.2) is 42.5 Å². The molecule has 0 aromatic heterocycles. The standard InChI is InChI=1S/C19H19Cl3N2O3/c1-12(19(26)23-2)24(10-13-5-3-4-6-15(13)21)18(25)11-27-17-8-7-14(20)9-16(17)22/h3-9,12H,10-11H2,1-2H3,(H,23,26)/t12-/m1/s1. The summed E-state index contributed by atoms with van der Waals surface area (Å²) in [5.74, 6) is -0.336. The first-order valence-electron chi connectivity index (χ1n) is 8.15. The van der Waals surface area contributed by atoms with Crippen molar-refractivity contribution < 1.29 is 14.3 Å². The molecule has 5 nitrogen and oxygen atoms in total. The molecule has 0 aliphatic heterocycles. The van der Waals surface area contributed by atoms with Gasteiger partial charge >= 0.3 is 0 Å². The SMILES string of the molecule is CNC(=O)[C@@H](C)N(Cc1ccccc1Cl)C(=O)COc1ccc(Cl)cc1Cl. The van der Waals surface area contributed by atoms with Crippen molar-refractivity contribution in [1.82, 2.24) is 10.2 Å². The first-order chi connectivity index (χ1) is 12.8. The molecule has 0 aliphatic rings. The molecule has 0 heterocycles. The zero-order valence-corrected chi connectivity index (χ0v) is 17.1. The zero-order valence-electron chi connectivity index (χ0n) is 14.8. The van der Waals surface area contributed by atoms with Gasteiger partial charge in [-0.15, -0.1) is 0 Å². The van der Waals surface area contributed by atoms with Crippen molar-refractivity contribution >= 4 is 46.6 Å². The van der Waals surface area contributed by atoms with Crippen molar-refractivity contribution in [3.63, 3.8) is 0 Å². The van der Waals surface area contributed by atoms with Crippen LogP contribution in [0.4, 0.5) is 0 Å². The molecule has 0 aliphatic carbocycles. The Morgan fingerprint density at radius 2 is 1.81 bits per heavy atom. The Balaban J connectivity index is 2.17. The number of hydrogen-bond donors (Lipinski definition) is 1. The Bertz CT molecular complexity index is 830. The fourth-order valence-electron chi connectivity index (χ4n) is 2.42. The monoisotopic (exact) mass is 428 g/mol. The van der Waals surface area contributed by atoms with Gasteiger partial charge in [0.05, 0.1) is 5.02 Å². The minimum atomic E-state index is -0.705. The predicted molar refractivity (Wildman–Crippen MR) is 107 cm³/mol. The van der Waals surface area contributed by atoms with E-state index in [-0.39, 0.29) is 25.0 Å². The van der Waals surface area contributed by atoms with E-state index in [2.05, 4.69) is 5.32 Å². The molecule has 0 saturated carbocycles. The molecule has 27 heavy (non-hydrogen) atoms. The zero-order chi connectivity index (χ0) is 20.0. The number of benzene rings is 2. The van der Waals surface area contributed by atoms with Crippen molar-refractivity contribution in [2.45, 2.75) is 19.5 Å². The number of amides is 2. The minimum absolute atomic E-state index is 0.171. The summed E-state index contributed by atoms with van der Waals surface area (Å²) < 4.78 is 5.52. The molecule has 2 aromatic rings. The second-order valence-corrected chi connectivity index (χ2v) is 7.02. The van der Waals surface area contributed by atoms with Crippen LogP contribution in [-0.4, -0.2) is 36.4 Å². The lowest BCUT2D eigenvalue weighted by atomic mass is 10.1. The van der Waals surface area contributed by atoms with Gasteiger partial charge in [0.25, 0.3) is 5.91 Å². The van der Waals surface area contributed by atoms with E-state index in [4.69, 9.17) is 39.5 Å². The third kappa shape index (κ3) is 5.76. The highest BCUT2D eigenvalue weighted by Gasteiger charge is 2.26. The molecule has 0 saturated heterocycles. The second-order valence-electron chi connectivity index (χ2n) is 5.77. The third-order valence-electron chi connectivity index (χ3n) is 3.96. The maximum absolute atomic E-state index is 12.8. The number of carbonyl (C=O) groups is 2. The predicted octanol–water partition coefficient (Wildman–Crippen LogP) is 4.19. The highest BCUT2D eigenvalue weighted by molar-refractivity contribution is 6.35. The van der Waals surface area contributed by atoms with E-state index in [9.17, 15) is 9.59 Å². The number of hydrogen-bond acceptors (Lipinski definition) is 3. The van der Waals surface area contributed by atoms with Gasteiger partial charge < -0.3 is 15.0 Å². The molecular weight excluding hydrogens is 411 g/mol. The number of nitrogens with one attached hydrogen (secondary N) is 1. The van der Waals surface area contributed by atoms with Crippen molar-refractivity contribution in [2.24, 2.45) is 0 Å². The summed E-state index contributed by atoms with van der Waals surface area (Å²) in [6.45, 7) is 1.53. The number of carbonyl (C=O) groups excluding carboxylic acids is 2. The summed E-state index contributed by atoms with van der Waals surface area (Å²) in [6, 6.07) is 11.2. The lowest BCUT2D eigenvalue weighted by Gasteiger charge is -2.28. The van der Waals surface area contributed by atoms with Crippen LogP contribution in [0.5, 0.6) is 5.75 Å². The number of likely N-dealkylation sites (N-methyl/N-ethyl adjacent to an activating group) is 1. The molecular formula is C19H19Cl3N2O3. The fourth-order valence-corrected chi connectivity index (χ4v) is 3.07. The highest BCUT2D eigenvalue weighted by Crippen LogP contribution is 2.27. The number of rotatable bonds is 7. The quantitative estimate of drug-likeness (QED) is 0.718. The topological polar surface area (TPSA) is 58.6 Å². The Morgan fingerprint density at radius 1 is 1.11 bits per heavy atom. The summed E-state index contributed by atoms with van der Waals surface area (Å²) in [5, 5.41) is 3.83. The van der Waals surface area contributed by atoms with Gasteiger partial charge in [-0.3, -0.25) is 9.59 Å². The number of nitrogens with zero attached hydrogens (tertiary/aromatic N) is 1. The Morgan fingerprint density at radius 3 is 2.44 bits per heavy atom. The van der Waals surface area contributed by atoms with Gasteiger partial charge in [-0.1, -0.05) is 53.0 Å². The van der Waals surface area contributed by atoms with E-state index in [0.717, 1.165) is 5.56 Å². The van der Waals surface area contributed by atoms with Crippen LogP contribution in [0.25, 0.3) is 0 Å². The molecule has 0 spiro atoms. The summed E-state index contributed by atoms with van der Waals surface area (Å²) in [7, 11) is 1.51. The number of halogens is 3. The van der Waals surface area contributed by atoms with Gasteiger partial charge in [0.1, 0.15) is 11.8 Å². The highest BCUT2D eigenvalue weighted by atomic mass is 35.5. The Kier molecular flexibility index (Phi) is 7.78. The van der Waals surface area contributed by atoms with Gasteiger partial charge in [0.15, 0.2) is 6.61 Å². The van der Waals surface area contributed by atoms with Crippen LogP contribution >= 0.6 is 34.8 Å². The normalized spacial score (nSPS) is 11.6. The third-order valence-corrected chi connectivity index (χ3v) is 4.86. The minimum Gasteiger partial charge on any atom is -0.482 e. The van der Waals surface area contributed by atoms with E-state index in [1.165, 1.54) is 18.0 Å². The average molecular weight is 430 g/mol. The molecule has 2 aromatic carbocycles. The largest absolute Gasteiger partial charge is 0.482 e. The molecule has 2 rings (SSSR count). The molecule has 0 radical (unpaired) electrons. The van der Waals surface area contributed by atoms with Crippen LogP contribution in [0.3, 0.4) is 0 Å². The van der Waals surface area contributed by atoms with Crippen LogP contribution in [0.2, 0.25) is 15.1 Å². The molecule has 1 atom stereocenters. The number of ether oxygens (including phenoxy) is 1. The fraction of sp³-hybridized carbons (Fsp3) is 0.263. The van der Waals surface area contributed by atoms with Gasteiger partial charge in [-0.05, 0) is 36.8 Å². The maximum atomic E-state index is 12.8. The molecule has 0 fully saturated rings. The summed E-state index contributed by atoms with van der Waals surface area (Å²) in [6.07, 6.45) is 0. The average Bonchev–Trinajstić information content (AvgIpc) is 2.65. The molecule has 0 bridgehead atoms. The van der Waals surface area contributed by atoms with Crippen molar-refractivity contribution in [1.29, 1.82) is 0 Å². The first kappa shape index (κ1) is 21.4.